The van der Waals surface area contributed by atoms with Crippen LogP contribution < -0.4 is 4.72 Å². The summed E-state index contributed by atoms with van der Waals surface area (Å²) in [7, 11) is -3.64. The van der Waals surface area contributed by atoms with Gasteiger partial charge < -0.3 is 0 Å². The molecule has 0 amide bonds. The van der Waals surface area contributed by atoms with Crippen molar-refractivity contribution in [3.05, 3.63) is 28.2 Å². The van der Waals surface area contributed by atoms with E-state index in [2.05, 4.69) is 4.72 Å². The Hall–Kier alpha value is -0.000000000000000139. The Morgan fingerprint density at radius 3 is 2.21 bits per heavy atom. The largest absolute Gasteiger partial charge is 0.240 e. The van der Waals surface area contributed by atoms with Crippen molar-refractivity contribution >= 4 is 44.8 Å². The average Bonchev–Trinajstić information content (AvgIpc) is 2.31. The topological polar surface area (TPSA) is 46.2 Å². The van der Waals surface area contributed by atoms with Crippen molar-refractivity contribution in [2.75, 3.05) is 0 Å². The first-order valence-corrected chi connectivity index (χ1v) is 8.68. The Balaban J connectivity index is 2.22. The van der Waals surface area contributed by atoms with Gasteiger partial charge >= 0.3 is 0 Å². The van der Waals surface area contributed by atoms with Gasteiger partial charge in [0.1, 0.15) is 0 Å². The number of nitrogens with one attached hydrogen (secondary N) is 1. The molecule has 2 atom stereocenters. The van der Waals surface area contributed by atoms with E-state index in [0.29, 0.717) is 10.0 Å². The first-order valence-electron chi connectivity index (χ1n) is 6.01. The van der Waals surface area contributed by atoms with Gasteiger partial charge in [-0.3, -0.25) is 0 Å². The Morgan fingerprint density at radius 1 is 1.05 bits per heavy atom. The normalized spacial score (nSPS) is 24.4. The predicted molar refractivity (Wildman–Crippen MR) is 78.7 cm³/mol. The van der Waals surface area contributed by atoms with Crippen LogP contribution in [0.25, 0.3) is 0 Å². The summed E-state index contributed by atoms with van der Waals surface area (Å²) < 4.78 is 27.2. The van der Waals surface area contributed by atoms with E-state index >= 15 is 0 Å². The van der Waals surface area contributed by atoms with Gasteiger partial charge in [0.2, 0.25) is 10.0 Å². The van der Waals surface area contributed by atoms with Crippen molar-refractivity contribution in [2.24, 2.45) is 0 Å². The van der Waals surface area contributed by atoms with E-state index in [4.69, 9.17) is 34.8 Å². The zero-order valence-corrected chi connectivity index (χ0v) is 13.2. The first-order chi connectivity index (χ1) is 8.88. The number of hydrogen-bond donors (Lipinski definition) is 1. The molecule has 1 aliphatic rings. The van der Waals surface area contributed by atoms with Gasteiger partial charge in [0.15, 0.2) is 0 Å². The van der Waals surface area contributed by atoms with E-state index in [1.807, 2.05) is 0 Å². The van der Waals surface area contributed by atoms with Gasteiger partial charge in [0, 0.05) is 21.5 Å². The molecule has 106 valence electrons. The second-order valence-corrected chi connectivity index (χ2v) is 7.78. The van der Waals surface area contributed by atoms with Crippen LogP contribution in [0.1, 0.15) is 25.7 Å². The molecule has 0 aromatic heterocycles. The molecule has 2 rings (SSSR count). The highest BCUT2D eigenvalue weighted by Gasteiger charge is 2.28. The van der Waals surface area contributed by atoms with Gasteiger partial charge in [-0.25, -0.2) is 13.1 Å². The highest BCUT2D eigenvalue weighted by Crippen LogP contribution is 2.26. The maximum absolute atomic E-state index is 12.3. The number of hydrogen-bond acceptors (Lipinski definition) is 2. The van der Waals surface area contributed by atoms with Crippen LogP contribution in [0.5, 0.6) is 0 Å². The molecule has 19 heavy (non-hydrogen) atoms. The third-order valence-corrected chi connectivity index (χ3v) is 5.56. The van der Waals surface area contributed by atoms with E-state index in [9.17, 15) is 8.42 Å². The minimum absolute atomic E-state index is 0.0689. The molecule has 0 aliphatic heterocycles. The maximum atomic E-state index is 12.3. The molecule has 1 aromatic rings. The summed E-state index contributed by atoms with van der Waals surface area (Å²) in [6.07, 6.45) is 3.59. The van der Waals surface area contributed by atoms with E-state index in [-0.39, 0.29) is 16.3 Å². The molecule has 1 N–H and O–H groups in total. The lowest BCUT2D eigenvalue weighted by molar-refractivity contribution is 0.418. The molecule has 1 fully saturated rings. The molecule has 0 saturated heterocycles. The number of halogens is 3. The smallest absolute Gasteiger partial charge is 0.207 e. The fourth-order valence-electron chi connectivity index (χ4n) is 2.17. The van der Waals surface area contributed by atoms with Gasteiger partial charge in [-0.15, -0.1) is 11.6 Å². The van der Waals surface area contributed by atoms with E-state index < -0.39 is 10.0 Å². The van der Waals surface area contributed by atoms with Crippen molar-refractivity contribution in [3.8, 4) is 0 Å². The van der Waals surface area contributed by atoms with Gasteiger partial charge in [0.05, 0.1) is 4.90 Å². The molecular weight excluding hydrogens is 329 g/mol. The van der Waals surface area contributed by atoms with Crippen LogP contribution in [0.2, 0.25) is 10.0 Å². The quantitative estimate of drug-likeness (QED) is 0.849. The molecule has 1 saturated carbocycles. The van der Waals surface area contributed by atoms with Crippen LogP contribution in [-0.2, 0) is 10.0 Å². The van der Waals surface area contributed by atoms with Gasteiger partial charge in [-0.2, -0.15) is 0 Å². The minimum atomic E-state index is -3.64. The summed E-state index contributed by atoms with van der Waals surface area (Å²) in [4.78, 5) is 0.0689. The Bertz CT molecular complexity index is 542. The van der Waals surface area contributed by atoms with Crippen LogP contribution in [0.3, 0.4) is 0 Å². The number of sulfonamides is 1. The van der Waals surface area contributed by atoms with E-state index in [1.165, 1.54) is 18.2 Å². The van der Waals surface area contributed by atoms with Crippen molar-refractivity contribution in [3.63, 3.8) is 0 Å². The standard InChI is InChI=1S/C12H14Cl3NO2S/c13-8-5-9(14)7-10(6-8)19(17,18)16-12-4-2-1-3-11(12)15/h5-7,11-12,16H,1-4H2. The molecule has 0 spiro atoms. The predicted octanol–water partition coefficient (Wildman–Crippen LogP) is 3.82. The van der Waals surface area contributed by atoms with Gasteiger partial charge in [0.25, 0.3) is 0 Å². The third kappa shape index (κ3) is 3.99. The summed E-state index contributed by atoms with van der Waals surface area (Å²) >= 11 is 17.8. The molecule has 0 radical (unpaired) electrons. The summed E-state index contributed by atoms with van der Waals surface area (Å²) in [5.41, 5.74) is 0. The molecule has 2 unspecified atom stereocenters. The number of benzene rings is 1. The van der Waals surface area contributed by atoms with Crippen LogP contribution in [0.15, 0.2) is 23.1 Å². The van der Waals surface area contributed by atoms with Crippen LogP contribution in [-0.4, -0.2) is 19.8 Å². The van der Waals surface area contributed by atoms with Gasteiger partial charge in [-0.05, 0) is 31.0 Å². The first kappa shape index (κ1) is 15.4. The maximum Gasteiger partial charge on any atom is 0.240 e. The monoisotopic (exact) mass is 341 g/mol. The lowest BCUT2D eigenvalue weighted by Gasteiger charge is -2.27. The second kappa shape index (κ2) is 6.19. The molecule has 7 heteroatoms. The highest BCUT2D eigenvalue weighted by atomic mass is 35.5. The van der Waals surface area contributed by atoms with Crippen molar-refractivity contribution < 1.29 is 8.42 Å². The number of alkyl halides is 1. The molecule has 0 heterocycles. The van der Waals surface area contributed by atoms with Gasteiger partial charge in [-0.1, -0.05) is 36.0 Å². The van der Waals surface area contributed by atoms with Crippen LogP contribution in [0.4, 0.5) is 0 Å². The molecule has 0 bridgehead atoms. The highest BCUT2D eigenvalue weighted by molar-refractivity contribution is 7.89. The van der Waals surface area contributed by atoms with E-state index in [1.54, 1.807) is 0 Å². The molecule has 1 aliphatic carbocycles. The van der Waals surface area contributed by atoms with E-state index in [0.717, 1.165) is 25.7 Å². The minimum Gasteiger partial charge on any atom is -0.207 e. The SMILES string of the molecule is O=S(=O)(NC1CCCCC1Cl)c1cc(Cl)cc(Cl)c1. The zero-order valence-electron chi connectivity index (χ0n) is 10.1. The van der Waals surface area contributed by atoms with Crippen LogP contribution >= 0.6 is 34.8 Å². The summed E-state index contributed by atoms with van der Waals surface area (Å²) in [6.45, 7) is 0. The van der Waals surface area contributed by atoms with Crippen molar-refractivity contribution in [2.45, 2.75) is 42.0 Å². The second-order valence-electron chi connectivity index (χ2n) is 4.63. The fraction of sp³-hybridized carbons (Fsp3) is 0.500. The summed E-state index contributed by atoms with van der Waals surface area (Å²) in [5, 5.41) is 0.413. The lowest BCUT2D eigenvalue weighted by Crippen LogP contribution is -2.42. The summed E-state index contributed by atoms with van der Waals surface area (Å²) in [6, 6.07) is 4.01. The van der Waals surface area contributed by atoms with Crippen LogP contribution in [0, 0.1) is 0 Å². The molecule has 1 aromatic carbocycles. The zero-order chi connectivity index (χ0) is 14.0. The van der Waals surface area contributed by atoms with Crippen molar-refractivity contribution in [1.82, 2.24) is 4.72 Å². The molecular formula is C12H14Cl3NO2S. The summed E-state index contributed by atoms with van der Waals surface area (Å²) in [5.74, 6) is 0. The average molecular weight is 343 g/mol. The molecule has 3 nitrogen and oxygen atoms in total. The third-order valence-electron chi connectivity index (χ3n) is 3.13. The number of rotatable bonds is 3. The van der Waals surface area contributed by atoms with Crippen molar-refractivity contribution in [1.29, 1.82) is 0 Å². The Kier molecular flexibility index (Phi) is 5.01. The Morgan fingerprint density at radius 2 is 1.63 bits per heavy atom. The fourth-order valence-corrected chi connectivity index (χ4v) is 4.62. The Labute approximate surface area is 128 Å². The lowest BCUT2D eigenvalue weighted by atomic mass is 9.96.